The van der Waals surface area contributed by atoms with Crippen LogP contribution in [0, 0.1) is 0 Å². The summed E-state index contributed by atoms with van der Waals surface area (Å²) in [6.45, 7) is 0.661. The summed E-state index contributed by atoms with van der Waals surface area (Å²) in [5.41, 5.74) is 8.38. The Hall–Kier alpha value is -2.01. The molecule has 0 saturated carbocycles. The van der Waals surface area contributed by atoms with Gasteiger partial charge in [-0.05, 0) is 20.2 Å². The molecule has 0 fully saturated rings. The Labute approximate surface area is 106 Å². The molecule has 18 heavy (non-hydrogen) atoms. The standard InChI is InChI=1S/C13H17N3O2/c1-16(2)8-10-12(13(14)18-15-10)9-6-4-5-7-11(9)17-3/h4-7H,8,14H2,1-3H3. The molecule has 1 aromatic heterocycles. The number of anilines is 1. The van der Waals surface area contributed by atoms with Crippen molar-refractivity contribution in [3.8, 4) is 16.9 Å². The fourth-order valence-electron chi connectivity index (χ4n) is 1.88. The van der Waals surface area contributed by atoms with Crippen molar-refractivity contribution in [3.63, 3.8) is 0 Å². The molecule has 0 amide bonds. The lowest BCUT2D eigenvalue weighted by atomic mass is 10.0. The number of rotatable bonds is 4. The second-order valence-electron chi connectivity index (χ2n) is 4.31. The first kappa shape index (κ1) is 12.4. The number of hydrogen-bond donors (Lipinski definition) is 1. The molecular weight excluding hydrogens is 230 g/mol. The molecule has 0 bridgehead atoms. The second kappa shape index (κ2) is 5.10. The van der Waals surface area contributed by atoms with Crippen LogP contribution in [0.25, 0.3) is 11.1 Å². The van der Waals surface area contributed by atoms with E-state index in [0.29, 0.717) is 12.4 Å². The summed E-state index contributed by atoms with van der Waals surface area (Å²) >= 11 is 0. The Morgan fingerprint density at radius 3 is 2.72 bits per heavy atom. The minimum Gasteiger partial charge on any atom is -0.496 e. The van der Waals surface area contributed by atoms with Crippen molar-refractivity contribution >= 4 is 5.88 Å². The SMILES string of the molecule is COc1ccccc1-c1c(CN(C)C)noc1N. The molecule has 0 saturated heterocycles. The smallest absolute Gasteiger partial charge is 0.230 e. The van der Waals surface area contributed by atoms with Crippen molar-refractivity contribution in [2.75, 3.05) is 26.9 Å². The topological polar surface area (TPSA) is 64.5 Å². The first-order chi connectivity index (χ1) is 8.63. The van der Waals surface area contributed by atoms with Gasteiger partial charge in [0.05, 0.1) is 12.7 Å². The van der Waals surface area contributed by atoms with Crippen LogP contribution in [0.5, 0.6) is 5.75 Å². The highest BCUT2D eigenvalue weighted by molar-refractivity contribution is 5.79. The number of nitrogens with zero attached hydrogens (tertiary/aromatic N) is 2. The van der Waals surface area contributed by atoms with Crippen LogP contribution in [0.2, 0.25) is 0 Å². The van der Waals surface area contributed by atoms with Crippen LogP contribution >= 0.6 is 0 Å². The van der Waals surface area contributed by atoms with Gasteiger partial charge in [0.25, 0.3) is 0 Å². The Morgan fingerprint density at radius 2 is 2.06 bits per heavy atom. The number of ether oxygens (including phenoxy) is 1. The minimum absolute atomic E-state index is 0.316. The zero-order valence-corrected chi connectivity index (χ0v) is 10.8. The van der Waals surface area contributed by atoms with E-state index in [0.717, 1.165) is 22.6 Å². The van der Waals surface area contributed by atoms with Gasteiger partial charge in [-0.3, -0.25) is 0 Å². The van der Waals surface area contributed by atoms with Gasteiger partial charge in [-0.15, -0.1) is 0 Å². The van der Waals surface area contributed by atoms with Gasteiger partial charge in [0.1, 0.15) is 11.4 Å². The molecule has 5 nitrogen and oxygen atoms in total. The minimum atomic E-state index is 0.316. The van der Waals surface area contributed by atoms with Crippen molar-refractivity contribution in [2.45, 2.75) is 6.54 Å². The fourth-order valence-corrected chi connectivity index (χ4v) is 1.88. The van der Waals surface area contributed by atoms with Gasteiger partial charge >= 0.3 is 0 Å². The highest BCUT2D eigenvalue weighted by Crippen LogP contribution is 2.36. The molecule has 0 spiro atoms. The van der Waals surface area contributed by atoms with Gasteiger partial charge in [0.15, 0.2) is 0 Å². The van der Waals surface area contributed by atoms with E-state index in [4.69, 9.17) is 15.0 Å². The number of nitrogen functional groups attached to an aromatic ring is 1. The fraction of sp³-hybridized carbons (Fsp3) is 0.308. The van der Waals surface area contributed by atoms with Crippen molar-refractivity contribution in [3.05, 3.63) is 30.0 Å². The third-order valence-corrected chi connectivity index (χ3v) is 2.63. The van der Waals surface area contributed by atoms with E-state index in [1.165, 1.54) is 0 Å². The molecular formula is C13H17N3O2. The lowest BCUT2D eigenvalue weighted by molar-refractivity contribution is 0.368. The zero-order chi connectivity index (χ0) is 13.1. The number of nitrogens with two attached hydrogens (primary N) is 1. The van der Waals surface area contributed by atoms with Gasteiger partial charge in [-0.1, -0.05) is 23.4 Å². The third-order valence-electron chi connectivity index (χ3n) is 2.63. The van der Waals surface area contributed by atoms with Crippen molar-refractivity contribution < 1.29 is 9.26 Å². The Kier molecular flexibility index (Phi) is 3.53. The first-order valence-electron chi connectivity index (χ1n) is 5.65. The van der Waals surface area contributed by atoms with E-state index in [2.05, 4.69) is 5.16 Å². The van der Waals surface area contributed by atoms with Crippen LogP contribution in [0.1, 0.15) is 5.69 Å². The van der Waals surface area contributed by atoms with Crippen molar-refractivity contribution in [2.24, 2.45) is 0 Å². The predicted molar refractivity (Wildman–Crippen MR) is 70.3 cm³/mol. The molecule has 0 aliphatic heterocycles. The van der Waals surface area contributed by atoms with Crippen molar-refractivity contribution in [1.82, 2.24) is 10.1 Å². The average molecular weight is 247 g/mol. The normalized spacial score (nSPS) is 10.9. The van der Waals surface area contributed by atoms with Gasteiger partial charge < -0.3 is 19.9 Å². The van der Waals surface area contributed by atoms with Crippen LogP contribution < -0.4 is 10.5 Å². The number of benzene rings is 1. The van der Waals surface area contributed by atoms with E-state index in [1.54, 1.807) is 7.11 Å². The summed E-state index contributed by atoms with van der Waals surface area (Å²) in [5, 5.41) is 4.01. The highest BCUT2D eigenvalue weighted by Gasteiger charge is 2.19. The number of para-hydroxylation sites is 1. The molecule has 0 unspecified atom stereocenters. The maximum absolute atomic E-state index is 5.87. The lowest BCUT2D eigenvalue weighted by Gasteiger charge is -2.10. The summed E-state index contributed by atoms with van der Waals surface area (Å²) in [6.07, 6.45) is 0. The predicted octanol–water partition coefficient (Wildman–Crippen LogP) is 1.99. The monoisotopic (exact) mass is 247 g/mol. The number of methoxy groups -OCH3 is 1. The summed E-state index contributed by atoms with van der Waals surface area (Å²) in [4.78, 5) is 2.01. The molecule has 0 aliphatic rings. The van der Waals surface area contributed by atoms with E-state index in [-0.39, 0.29) is 0 Å². The van der Waals surface area contributed by atoms with Gasteiger partial charge in [0, 0.05) is 12.1 Å². The molecule has 0 radical (unpaired) electrons. The maximum Gasteiger partial charge on any atom is 0.230 e. The lowest BCUT2D eigenvalue weighted by Crippen LogP contribution is -2.11. The molecule has 96 valence electrons. The quantitative estimate of drug-likeness (QED) is 0.895. The Morgan fingerprint density at radius 1 is 1.33 bits per heavy atom. The van der Waals surface area contributed by atoms with Gasteiger partial charge in [-0.2, -0.15) is 0 Å². The average Bonchev–Trinajstić information content (AvgIpc) is 2.69. The molecule has 0 atom stereocenters. The number of aromatic nitrogens is 1. The van der Waals surface area contributed by atoms with E-state index < -0.39 is 0 Å². The largest absolute Gasteiger partial charge is 0.496 e. The molecule has 2 N–H and O–H groups in total. The molecule has 0 aliphatic carbocycles. The van der Waals surface area contributed by atoms with Crippen molar-refractivity contribution in [1.29, 1.82) is 0 Å². The van der Waals surface area contributed by atoms with E-state index in [9.17, 15) is 0 Å². The zero-order valence-electron chi connectivity index (χ0n) is 10.8. The van der Waals surface area contributed by atoms with E-state index >= 15 is 0 Å². The summed E-state index contributed by atoms with van der Waals surface area (Å²) in [5.74, 6) is 1.07. The summed E-state index contributed by atoms with van der Waals surface area (Å²) < 4.78 is 10.4. The summed E-state index contributed by atoms with van der Waals surface area (Å²) in [6, 6.07) is 7.68. The molecule has 5 heteroatoms. The van der Waals surface area contributed by atoms with Crippen LogP contribution in [-0.2, 0) is 6.54 Å². The molecule has 1 heterocycles. The third kappa shape index (κ3) is 2.31. The first-order valence-corrected chi connectivity index (χ1v) is 5.65. The second-order valence-corrected chi connectivity index (χ2v) is 4.31. The molecule has 2 rings (SSSR count). The van der Waals surface area contributed by atoms with Crippen LogP contribution in [0.15, 0.2) is 28.8 Å². The molecule has 1 aromatic carbocycles. The maximum atomic E-state index is 5.87. The van der Waals surface area contributed by atoms with Crippen LogP contribution in [0.3, 0.4) is 0 Å². The summed E-state index contributed by atoms with van der Waals surface area (Å²) in [7, 11) is 5.57. The van der Waals surface area contributed by atoms with Crippen LogP contribution in [0.4, 0.5) is 5.88 Å². The highest BCUT2D eigenvalue weighted by atomic mass is 16.5. The Balaban J connectivity index is 2.52. The van der Waals surface area contributed by atoms with Gasteiger partial charge in [0.2, 0.25) is 5.88 Å². The van der Waals surface area contributed by atoms with Gasteiger partial charge in [-0.25, -0.2) is 0 Å². The van der Waals surface area contributed by atoms with E-state index in [1.807, 2.05) is 43.3 Å². The molecule has 2 aromatic rings. The van der Waals surface area contributed by atoms with Crippen LogP contribution in [-0.4, -0.2) is 31.3 Å². The Bertz CT molecular complexity index is 535. The number of hydrogen-bond acceptors (Lipinski definition) is 5.